The first-order valence-electron chi connectivity index (χ1n) is 7.68. The van der Waals surface area contributed by atoms with Gasteiger partial charge < -0.3 is 11.1 Å². The molecule has 3 N–H and O–H groups in total. The van der Waals surface area contributed by atoms with Gasteiger partial charge in [0.05, 0.1) is 4.90 Å². The van der Waals surface area contributed by atoms with Gasteiger partial charge in [0, 0.05) is 32.2 Å². The number of aryl methyl sites for hydroxylation is 1. The number of benzene rings is 1. The molecule has 0 heterocycles. The van der Waals surface area contributed by atoms with E-state index in [1.54, 1.807) is 19.2 Å². The van der Waals surface area contributed by atoms with Crippen LogP contribution in [0.1, 0.15) is 26.3 Å². The fourth-order valence-corrected chi connectivity index (χ4v) is 3.52. The van der Waals surface area contributed by atoms with Crippen molar-refractivity contribution in [2.24, 2.45) is 11.7 Å². The maximum Gasteiger partial charge on any atom is 0.243 e. The van der Waals surface area contributed by atoms with Gasteiger partial charge in [-0.3, -0.25) is 0 Å². The molecule has 0 radical (unpaired) electrons. The average molecular weight is 327 g/mol. The smallest absolute Gasteiger partial charge is 0.243 e. The number of rotatable bonds is 8. The van der Waals surface area contributed by atoms with E-state index in [-0.39, 0.29) is 12.1 Å². The quantitative estimate of drug-likeness (QED) is 0.760. The number of hydrogen-bond donors (Lipinski definition) is 2. The fourth-order valence-electron chi connectivity index (χ4n) is 2.16. The predicted octanol–water partition coefficient (Wildman–Crippen LogP) is 1.58. The van der Waals surface area contributed by atoms with Gasteiger partial charge in [-0.25, -0.2) is 8.42 Å². The molecule has 2 unspecified atom stereocenters. The van der Waals surface area contributed by atoms with Crippen LogP contribution in [0, 0.1) is 12.8 Å². The zero-order valence-corrected chi connectivity index (χ0v) is 15.0. The van der Waals surface area contributed by atoms with E-state index in [1.165, 1.54) is 4.31 Å². The molecule has 0 spiro atoms. The van der Waals surface area contributed by atoms with Gasteiger partial charge in [0.15, 0.2) is 0 Å². The topological polar surface area (TPSA) is 75.4 Å². The van der Waals surface area contributed by atoms with Crippen LogP contribution in [0.15, 0.2) is 29.2 Å². The second-order valence-corrected chi connectivity index (χ2v) is 8.18. The molecule has 126 valence electrons. The summed E-state index contributed by atoms with van der Waals surface area (Å²) in [6, 6.07) is 6.97. The molecule has 0 aliphatic rings. The van der Waals surface area contributed by atoms with E-state index in [1.807, 2.05) is 26.0 Å². The molecule has 0 saturated carbocycles. The normalized spacial score (nSPS) is 15.3. The van der Waals surface area contributed by atoms with Crippen molar-refractivity contribution in [1.29, 1.82) is 0 Å². The molecule has 0 amide bonds. The van der Waals surface area contributed by atoms with E-state index < -0.39 is 10.0 Å². The van der Waals surface area contributed by atoms with Crippen LogP contribution in [0.2, 0.25) is 0 Å². The van der Waals surface area contributed by atoms with E-state index in [9.17, 15) is 8.42 Å². The summed E-state index contributed by atoms with van der Waals surface area (Å²) in [4.78, 5) is 0.326. The van der Waals surface area contributed by atoms with Gasteiger partial charge in [0.2, 0.25) is 10.0 Å². The molecule has 2 atom stereocenters. The summed E-state index contributed by atoms with van der Waals surface area (Å²) in [6.45, 7) is 9.14. The molecule has 1 aromatic carbocycles. The second kappa shape index (κ2) is 8.06. The van der Waals surface area contributed by atoms with Crippen LogP contribution in [-0.2, 0) is 10.0 Å². The summed E-state index contributed by atoms with van der Waals surface area (Å²) in [5.74, 6) is 0.413. The zero-order valence-electron chi connectivity index (χ0n) is 14.2. The summed E-state index contributed by atoms with van der Waals surface area (Å²) in [7, 11) is -1.85. The highest BCUT2D eigenvalue weighted by Crippen LogP contribution is 2.17. The standard InChI is InChI=1S/C16H29N3O2S/c1-12(2)16(10-17)18-11-14(4)19(5)22(20,21)15-8-6-13(3)7-9-15/h6-9,12,14,16,18H,10-11,17H2,1-5H3. The van der Waals surface area contributed by atoms with Gasteiger partial charge in [-0.05, 0) is 31.9 Å². The lowest BCUT2D eigenvalue weighted by Gasteiger charge is -2.28. The average Bonchev–Trinajstić information content (AvgIpc) is 2.46. The third-order valence-electron chi connectivity index (χ3n) is 4.05. The Morgan fingerprint density at radius 1 is 1.18 bits per heavy atom. The van der Waals surface area contributed by atoms with Crippen LogP contribution in [0.3, 0.4) is 0 Å². The van der Waals surface area contributed by atoms with Crippen LogP contribution in [0.4, 0.5) is 0 Å². The summed E-state index contributed by atoms with van der Waals surface area (Å²) in [6.07, 6.45) is 0. The number of likely N-dealkylation sites (N-methyl/N-ethyl adjacent to an activating group) is 1. The van der Waals surface area contributed by atoms with E-state index in [4.69, 9.17) is 5.73 Å². The van der Waals surface area contributed by atoms with E-state index in [2.05, 4.69) is 19.2 Å². The van der Waals surface area contributed by atoms with Gasteiger partial charge in [-0.2, -0.15) is 4.31 Å². The molecular weight excluding hydrogens is 298 g/mol. The lowest BCUT2D eigenvalue weighted by Crippen LogP contribution is -2.47. The molecule has 22 heavy (non-hydrogen) atoms. The Bertz CT molecular complexity index is 555. The van der Waals surface area contributed by atoms with E-state index in [0.29, 0.717) is 23.9 Å². The molecule has 0 aliphatic heterocycles. The minimum atomic E-state index is -3.47. The molecule has 1 aromatic rings. The van der Waals surface area contributed by atoms with Crippen molar-refractivity contribution in [3.8, 4) is 0 Å². The molecule has 1 rings (SSSR count). The molecule has 0 bridgehead atoms. The van der Waals surface area contributed by atoms with Crippen molar-refractivity contribution in [3.05, 3.63) is 29.8 Å². The number of sulfonamides is 1. The molecule has 0 aliphatic carbocycles. The lowest BCUT2D eigenvalue weighted by atomic mass is 10.0. The number of hydrogen-bond acceptors (Lipinski definition) is 4. The van der Waals surface area contributed by atoms with E-state index >= 15 is 0 Å². The third kappa shape index (κ3) is 4.78. The maximum absolute atomic E-state index is 12.6. The Morgan fingerprint density at radius 3 is 2.18 bits per heavy atom. The Hall–Kier alpha value is -0.950. The van der Waals surface area contributed by atoms with Crippen molar-refractivity contribution in [2.45, 2.75) is 44.7 Å². The number of nitrogens with zero attached hydrogens (tertiary/aromatic N) is 1. The van der Waals surface area contributed by atoms with Gasteiger partial charge in [-0.1, -0.05) is 31.5 Å². The molecule has 0 saturated heterocycles. The van der Waals surface area contributed by atoms with Crippen molar-refractivity contribution in [3.63, 3.8) is 0 Å². The molecule has 6 heteroatoms. The molecular formula is C16H29N3O2S. The fraction of sp³-hybridized carbons (Fsp3) is 0.625. The Balaban J connectivity index is 2.76. The Kier molecular flexibility index (Phi) is 6.99. The molecule has 0 aromatic heterocycles. The summed E-state index contributed by atoms with van der Waals surface area (Å²) in [5, 5.41) is 3.35. The van der Waals surface area contributed by atoms with Crippen LogP contribution >= 0.6 is 0 Å². The first-order valence-corrected chi connectivity index (χ1v) is 9.12. The maximum atomic E-state index is 12.6. The summed E-state index contributed by atoms with van der Waals surface area (Å²) >= 11 is 0. The zero-order chi connectivity index (χ0) is 16.9. The number of nitrogens with one attached hydrogen (secondary N) is 1. The predicted molar refractivity (Wildman–Crippen MR) is 91.3 cm³/mol. The minimum Gasteiger partial charge on any atom is -0.329 e. The van der Waals surface area contributed by atoms with Crippen molar-refractivity contribution < 1.29 is 8.42 Å². The SMILES string of the molecule is Cc1ccc(S(=O)(=O)N(C)C(C)CNC(CN)C(C)C)cc1. The van der Waals surface area contributed by atoms with Crippen LogP contribution in [0.5, 0.6) is 0 Å². The highest BCUT2D eigenvalue weighted by molar-refractivity contribution is 7.89. The number of nitrogens with two attached hydrogens (primary N) is 1. The first kappa shape index (κ1) is 19.1. The summed E-state index contributed by atoms with van der Waals surface area (Å²) in [5.41, 5.74) is 6.77. The minimum absolute atomic E-state index is 0.154. The van der Waals surface area contributed by atoms with Gasteiger partial charge in [-0.15, -0.1) is 0 Å². The first-order chi connectivity index (χ1) is 10.2. The van der Waals surface area contributed by atoms with Gasteiger partial charge in [0.1, 0.15) is 0 Å². The Labute approximate surface area is 134 Å². The van der Waals surface area contributed by atoms with Crippen molar-refractivity contribution in [1.82, 2.24) is 9.62 Å². The van der Waals surface area contributed by atoms with Gasteiger partial charge in [0.25, 0.3) is 0 Å². The third-order valence-corrected chi connectivity index (χ3v) is 6.04. The highest BCUT2D eigenvalue weighted by atomic mass is 32.2. The summed E-state index contributed by atoms with van der Waals surface area (Å²) < 4.78 is 26.6. The molecule has 5 nitrogen and oxygen atoms in total. The van der Waals surface area contributed by atoms with Crippen LogP contribution in [-0.4, -0.2) is 44.9 Å². The lowest BCUT2D eigenvalue weighted by molar-refractivity contribution is 0.331. The van der Waals surface area contributed by atoms with E-state index in [0.717, 1.165) is 5.56 Å². The second-order valence-electron chi connectivity index (χ2n) is 6.18. The van der Waals surface area contributed by atoms with Gasteiger partial charge >= 0.3 is 0 Å². The van der Waals surface area contributed by atoms with Crippen LogP contribution in [0.25, 0.3) is 0 Å². The van der Waals surface area contributed by atoms with Crippen LogP contribution < -0.4 is 11.1 Å². The Morgan fingerprint density at radius 2 is 1.73 bits per heavy atom. The van der Waals surface area contributed by atoms with Crippen molar-refractivity contribution in [2.75, 3.05) is 20.1 Å². The van der Waals surface area contributed by atoms with Crippen molar-refractivity contribution >= 4 is 10.0 Å². The highest BCUT2D eigenvalue weighted by Gasteiger charge is 2.25. The molecule has 0 fully saturated rings. The monoisotopic (exact) mass is 327 g/mol. The largest absolute Gasteiger partial charge is 0.329 e.